The average molecular weight is 309 g/mol. The SMILES string of the molecule is O=S(=O)(Oc1ccc2c(c1)CCC2)c1cccc(Cl)c1. The predicted octanol–water partition coefficient (Wildman–Crippen LogP) is 3.60. The summed E-state index contributed by atoms with van der Waals surface area (Å²) in [6, 6.07) is 11.5. The first-order valence-electron chi connectivity index (χ1n) is 6.36. The Morgan fingerprint density at radius 3 is 2.60 bits per heavy atom. The lowest BCUT2D eigenvalue weighted by molar-refractivity contribution is 0.486. The molecule has 20 heavy (non-hydrogen) atoms. The molecule has 0 aliphatic heterocycles. The summed E-state index contributed by atoms with van der Waals surface area (Å²) >= 11 is 5.81. The number of aryl methyl sites for hydroxylation is 2. The van der Waals surface area contributed by atoms with Crippen LogP contribution in [0.1, 0.15) is 17.5 Å². The average Bonchev–Trinajstić information content (AvgIpc) is 2.85. The number of hydrogen-bond donors (Lipinski definition) is 0. The molecule has 0 saturated heterocycles. The summed E-state index contributed by atoms with van der Waals surface area (Å²) in [6.45, 7) is 0. The Bertz CT molecular complexity index is 753. The van der Waals surface area contributed by atoms with E-state index in [1.165, 1.54) is 23.3 Å². The van der Waals surface area contributed by atoms with Crippen LogP contribution in [0.2, 0.25) is 5.02 Å². The van der Waals surface area contributed by atoms with Crippen molar-refractivity contribution in [3.8, 4) is 5.75 Å². The number of hydrogen-bond acceptors (Lipinski definition) is 3. The van der Waals surface area contributed by atoms with Crippen molar-refractivity contribution >= 4 is 21.7 Å². The van der Waals surface area contributed by atoms with Gasteiger partial charge in [0.05, 0.1) is 0 Å². The molecule has 104 valence electrons. The molecule has 0 fully saturated rings. The zero-order valence-electron chi connectivity index (χ0n) is 10.7. The monoisotopic (exact) mass is 308 g/mol. The Morgan fingerprint density at radius 1 is 1.00 bits per heavy atom. The van der Waals surface area contributed by atoms with Gasteiger partial charge in [-0.1, -0.05) is 23.7 Å². The number of fused-ring (bicyclic) bond motifs is 1. The lowest BCUT2D eigenvalue weighted by atomic mass is 10.1. The summed E-state index contributed by atoms with van der Waals surface area (Å²) in [5.41, 5.74) is 2.45. The summed E-state index contributed by atoms with van der Waals surface area (Å²) in [7, 11) is -3.84. The Morgan fingerprint density at radius 2 is 1.80 bits per heavy atom. The molecule has 0 bridgehead atoms. The quantitative estimate of drug-likeness (QED) is 0.814. The third kappa shape index (κ3) is 2.67. The van der Waals surface area contributed by atoms with Crippen molar-refractivity contribution in [2.45, 2.75) is 24.2 Å². The maximum atomic E-state index is 12.2. The van der Waals surface area contributed by atoms with E-state index in [9.17, 15) is 8.42 Å². The Kier molecular flexibility index (Phi) is 3.44. The van der Waals surface area contributed by atoms with E-state index in [0.29, 0.717) is 10.8 Å². The second-order valence-electron chi connectivity index (χ2n) is 4.78. The highest BCUT2D eigenvalue weighted by molar-refractivity contribution is 7.87. The summed E-state index contributed by atoms with van der Waals surface area (Å²) in [5, 5.41) is 0.364. The van der Waals surface area contributed by atoms with Crippen molar-refractivity contribution in [1.29, 1.82) is 0 Å². The van der Waals surface area contributed by atoms with Crippen molar-refractivity contribution < 1.29 is 12.6 Å². The zero-order chi connectivity index (χ0) is 14.2. The van der Waals surface area contributed by atoms with Gasteiger partial charge in [0.25, 0.3) is 0 Å². The van der Waals surface area contributed by atoms with E-state index < -0.39 is 10.1 Å². The highest BCUT2D eigenvalue weighted by Gasteiger charge is 2.18. The van der Waals surface area contributed by atoms with Crippen molar-refractivity contribution in [2.24, 2.45) is 0 Å². The van der Waals surface area contributed by atoms with Crippen LogP contribution in [-0.4, -0.2) is 8.42 Å². The van der Waals surface area contributed by atoms with Crippen molar-refractivity contribution in [2.75, 3.05) is 0 Å². The van der Waals surface area contributed by atoms with Crippen LogP contribution in [0.4, 0.5) is 0 Å². The normalized spacial score (nSPS) is 14.1. The predicted molar refractivity (Wildman–Crippen MR) is 77.7 cm³/mol. The smallest absolute Gasteiger partial charge is 0.339 e. The van der Waals surface area contributed by atoms with Gasteiger partial charge < -0.3 is 4.18 Å². The molecule has 0 heterocycles. The van der Waals surface area contributed by atoms with Crippen molar-refractivity contribution in [3.63, 3.8) is 0 Å². The van der Waals surface area contributed by atoms with Crippen LogP contribution in [0.25, 0.3) is 0 Å². The van der Waals surface area contributed by atoms with Crippen LogP contribution >= 0.6 is 11.6 Å². The molecule has 0 unspecified atom stereocenters. The van der Waals surface area contributed by atoms with Crippen LogP contribution in [0.5, 0.6) is 5.75 Å². The van der Waals surface area contributed by atoms with Gasteiger partial charge in [-0.2, -0.15) is 8.42 Å². The van der Waals surface area contributed by atoms with Crippen molar-refractivity contribution in [1.82, 2.24) is 0 Å². The molecule has 0 N–H and O–H groups in total. The van der Waals surface area contributed by atoms with Crippen LogP contribution in [0, 0.1) is 0 Å². The number of benzene rings is 2. The van der Waals surface area contributed by atoms with Gasteiger partial charge in [0.1, 0.15) is 10.6 Å². The largest absolute Gasteiger partial charge is 0.379 e. The van der Waals surface area contributed by atoms with E-state index >= 15 is 0 Å². The van der Waals surface area contributed by atoms with Crippen LogP contribution in [0.15, 0.2) is 47.4 Å². The van der Waals surface area contributed by atoms with Gasteiger partial charge in [-0.15, -0.1) is 0 Å². The number of halogens is 1. The molecule has 0 spiro atoms. The molecular formula is C15H13ClO3S. The first-order chi connectivity index (χ1) is 9.54. The van der Waals surface area contributed by atoms with E-state index in [4.69, 9.17) is 15.8 Å². The highest BCUT2D eigenvalue weighted by atomic mass is 35.5. The maximum Gasteiger partial charge on any atom is 0.339 e. The van der Waals surface area contributed by atoms with Gasteiger partial charge in [-0.3, -0.25) is 0 Å². The van der Waals surface area contributed by atoms with E-state index in [2.05, 4.69) is 0 Å². The molecule has 3 rings (SSSR count). The van der Waals surface area contributed by atoms with Gasteiger partial charge in [-0.05, 0) is 60.7 Å². The van der Waals surface area contributed by atoms with Gasteiger partial charge in [0, 0.05) is 5.02 Å². The Hall–Kier alpha value is -1.52. The minimum absolute atomic E-state index is 0.0606. The maximum absolute atomic E-state index is 12.2. The van der Waals surface area contributed by atoms with E-state index in [1.807, 2.05) is 12.1 Å². The summed E-state index contributed by atoms with van der Waals surface area (Å²) in [5.74, 6) is 0.352. The van der Waals surface area contributed by atoms with Crippen LogP contribution in [0.3, 0.4) is 0 Å². The van der Waals surface area contributed by atoms with Crippen LogP contribution in [-0.2, 0) is 23.0 Å². The topological polar surface area (TPSA) is 43.4 Å². The Balaban J connectivity index is 1.90. The first-order valence-corrected chi connectivity index (χ1v) is 8.15. The molecule has 1 aliphatic rings. The first kappa shape index (κ1) is 13.5. The molecule has 0 aromatic heterocycles. The molecule has 2 aromatic rings. The van der Waals surface area contributed by atoms with E-state index in [0.717, 1.165) is 19.3 Å². The van der Waals surface area contributed by atoms with E-state index in [1.54, 1.807) is 18.2 Å². The molecule has 0 radical (unpaired) electrons. The van der Waals surface area contributed by atoms with Gasteiger partial charge >= 0.3 is 10.1 Å². The second-order valence-corrected chi connectivity index (χ2v) is 6.76. The fourth-order valence-electron chi connectivity index (χ4n) is 2.40. The summed E-state index contributed by atoms with van der Waals surface area (Å²) in [4.78, 5) is 0.0606. The Labute approximate surface area is 123 Å². The van der Waals surface area contributed by atoms with Gasteiger partial charge in [0.15, 0.2) is 0 Å². The van der Waals surface area contributed by atoms with Gasteiger partial charge in [0.2, 0.25) is 0 Å². The minimum atomic E-state index is -3.84. The molecule has 1 aliphatic carbocycles. The second kappa shape index (κ2) is 5.11. The molecule has 0 saturated carbocycles. The molecule has 3 nitrogen and oxygen atoms in total. The van der Waals surface area contributed by atoms with E-state index in [-0.39, 0.29) is 4.90 Å². The fourth-order valence-corrected chi connectivity index (χ4v) is 3.62. The molecular weight excluding hydrogens is 296 g/mol. The zero-order valence-corrected chi connectivity index (χ0v) is 12.2. The molecule has 0 amide bonds. The lowest BCUT2D eigenvalue weighted by Crippen LogP contribution is -2.09. The fraction of sp³-hybridized carbons (Fsp3) is 0.200. The number of rotatable bonds is 3. The van der Waals surface area contributed by atoms with Crippen LogP contribution < -0.4 is 4.18 Å². The third-order valence-electron chi connectivity index (χ3n) is 3.36. The third-order valence-corrected chi connectivity index (χ3v) is 4.84. The standard InChI is InChI=1S/C15H13ClO3S/c16-13-5-2-6-15(10-13)20(17,18)19-14-8-7-11-3-1-4-12(11)9-14/h2,5-10H,1,3-4H2. The summed E-state index contributed by atoms with van der Waals surface area (Å²) in [6.07, 6.45) is 3.14. The molecule has 0 atom stereocenters. The highest BCUT2D eigenvalue weighted by Crippen LogP contribution is 2.28. The summed E-state index contributed by atoms with van der Waals surface area (Å²) < 4.78 is 29.5. The minimum Gasteiger partial charge on any atom is -0.379 e. The van der Waals surface area contributed by atoms with Crippen molar-refractivity contribution in [3.05, 3.63) is 58.6 Å². The lowest BCUT2D eigenvalue weighted by Gasteiger charge is -2.08. The molecule has 5 heteroatoms. The molecule has 2 aromatic carbocycles. The van der Waals surface area contributed by atoms with Gasteiger partial charge in [-0.25, -0.2) is 0 Å².